The Balaban J connectivity index is 0. The van der Waals surface area contributed by atoms with Crippen molar-refractivity contribution < 1.29 is 19.2 Å². The summed E-state index contributed by atoms with van der Waals surface area (Å²) in [5.41, 5.74) is 0. The van der Waals surface area contributed by atoms with Gasteiger partial charge >= 0.3 is 0 Å². The number of rotatable bonds is 8. The van der Waals surface area contributed by atoms with Gasteiger partial charge in [-0.15, -0.1) is 0 Å². The van der Waals surface area contributed by atoms with Gasteiger partial charge in [0.2, 0.25) is 10.5 Å². The molecule has 0 aliphatic carbocycles. The smallest absolute Gasteiger partial charge is 0.221 e. The third-order valence-electron chi connectivity index (χ3n) is 1.80. The van der Waals surface area contributed by atoms with Crippen LogP contribution in [0.1, 0.15) is 52.4 Å². The first-order valence-corrected chi connectivity index (χ1v) is 6.36. The summed E-state index contributed by atoms with van der Waals surface area (Å²) in [5, 5.41) is -0.846. The van der Waals surface area contributed by atoms with Crippen LogP contribution in [0.25, 0.3) is 0 Å². The molecule has 0 bridgehead atoms. The summed E-state index contributed by atoms with van der Waals surface area (Å²) in [7, 11) is 0. The van der Waals surface area contributed by atoms with E-state index in [9.17, 15) is 19.2 Å². The van der Waals surface area contributed by atoms with Crippen LogP contribution in [0, 0.1) is 0 Å². The summed E-state index contributed by atoms with van der Waals surface area (Å²) in [6.07, 6.45) is 2.69. The van der Waals surface area contributed by atoms with Gasteiger partial charge in [0.05, 0.1) is 0 Å². The summed E-state index contributed by atoms with van der Waals surface area (Å²) >= 11 is 9.94. The largest absolute Gasteiger partial charge is 0.300 e. The number of ketones is 2. The van der Waals surface area contributed by atoms with E-state index >= 15 is 0 Å². The van der Waals surface area contributed by atoms with E-state index < -0.39 is 10.5 Å². The molecule has 104 valence electrons. The number of hydrogen-bond acceptors (Lipinski definition) is 4. The molecular formula is C12H18Cl2O4. The molecule has 4 nitrogen and oxygen atoms in total. The zero-order valence-corrected chi connectivity index (χ0v) is 12.1. The Labute approximate surface area is 117 Å². The molecule has 0 amide bonds. The lowest BCUT2D eigenvalue weighted by molar-refractivity contribution is -0.118. The van der Waals surface area contributed by atoms with Crippen molar-refractivity contribution in [1.82, 2.24) is 0 Å². The van der Waals surface area contributed by atoms with Crippen molar-refractivity contribution in [2.45, 2.75) is 52.4 Å². The van der Waals surface area contributed by atoms with Gasteiger partial charge in [-0.3, -0.25) is 9.59 Å². The van der Waals surface area contributed by atoms with E-state index in [4.69, 9.17) is 23.2 Å². The van der Waals surface area contributed by atoms with Crippen LogP contribution in [0.15, 0.2) is 0 Å². The Kier molecular flexibility index (Phi) is 13.8. The third kappa shape index (κ3) is 24.5. The van der Waals surface area contributed by atoms with Crippen LogP contribution in [0.5, 0.6) is 0 Å². The highest BCUT2D eigenvalue weighted by Crippen LogP contribution is 2.01. The van der Waals surface area contributed by atoms with Crippen LogP contribution < -0.4 is 0 Å². The first-order chi connectivity index (χ1) is 8.25. The SMILES string of the molecule is CC(=O)CCCC(C)=O.O=C(Cl)CCCC(=O)Cl. The van der Waals surface area contributed by atoms with Crippen molar-refractivity contribution in [2.24, 2.45) is 0 Å². The van der Waals surface area contributed by atoms with Crippen LogP contribution >= 0.6 is 23.2 Å². The monoisotopic (exact) mass is 296 g/mol. The molecule has 0 saturated carbocycles. The predicted molar refractivity (Wildman–Crippen MR) is 70.8 cm³/mol. The quantitative estimate of drug-likeness (QED) is 0.646. The van der Waals surface area contributed by atoms with E-state index in [-0.39, 0.29) is 24.4 Å². The maximum atomic E-state index is 10.3. The fourth-order valence-electron chi connectivity index (χ4n) is 0.953. The Morgan fingerprint density at radius 3 is 1.17 bits per heavy atom. The Bertz CT molecular complexity index is 242. The number of carbonyl (C=O) groups is 4. The van der Waals surface area contributed by atoms with Gasteiger partial charge in [0.15, 0.2) is 0 Å². The van der Waals surface area contributed by atoms with Crippen molar-refractivity contribution in [2.75, 3.05) is 0 Å². The van der Waals surface area contributed by atoms with Gasteiger partial charge in [0.1, 0.15) is 11.6 Å². The first-order valence-electron chi connectivity index (χ1n) is 5.61. The topological polar surface area (TPSA) is 68.3 Å². The van der Waals surface area contributed by atoms with E-state index in [0.29, 0.717) is 25.7 Å². The van der Waals surface area contributed by atoms with Crippen molar-refractivity contribution in [3.05, 3.63) is 0 Å². The zero-order chi connectivity index (χ0) is 14.6. The average molecular weight is 297 g/mol. The molecule has 0 spiro atoms. The molecule has 6 heteroatoms. The van der Waals surface area contributed by atoms with E-state index in [1.807, 2.05) is 0 Å². The van der Waals surface area contributed by atoms with Gasteiger partial charge in [0, 0.05) is 25.7 Å². The maximum Gasteiger partial charge on any atom is 0.221 e. The van der Waals surface area contributed by atoms with Crippen LogP contribution in [0.4, 0.5) is 0 Å². The molecule has 0 N–H and O–H groups in total. The molecule has 0 aromatic heterocycles. The number of Topliss-reactive ketones (excluding diaryl/α,β-unsaturated/α-hetero) is 2. The van der Waals surface area contributed by atoms with Gasteiger partial charge in [0.25, 0.3) is 0 Å². The fourth-order valence-corrected chi connectivity index (χ4v) is 1.22. The van der Waals surface area contributed by atoms with Crippen molar-refractivity contribution in [3.63, 3.8) is 0 Å². The molecule has 0 aliphatic rings. The standard InChI is InChI=1S/C7H12O2.C5H6Cl2O2/c1-6(8)4-3-5-7(2)9;6-4(8)2-1-3-5(7)9/h3-5H2,1-2H3;1-3H2. The predicted octanol–water partition coefficient (Wildman–Crippen LogP) is 3.02. The van der Waals surface area contributed by atoms with E-state index in [2.05, 4.69) is 0 Å². The number of halogens is 2. The van der Waals surface area contributed by atoms with Gasteiger partial charge in [-0.25, -0.2) is 0 Å². The highest BCUT2D eigenvalue weighted by atomic mass is 35.5. The lowest BCUT2D eigenvalue weighted by atomic mass is 10.1. The molecule has 0 saturated heterocycles. The highest BCUT2D eigenvalue weighted by molar-refractivity contribution is 6.64. The van der Waals surface area contributed by atoms with Crippen molar-refractivity contribution in [3.8, 4) is 0 Å². The summed E-state index contributed by atoms with van der Waals surface area (Å²) in [6, 6.07) is 0. The molecule has 0 fully saturated rings. The minimum Gasteiger partial charge on any atom is -0.300 e. The molecule has 0 radical (unpaired) electrons. The van der Waals surface area contributed by atoms with Gasteiger partial charge in [-0.05, 0) is 49.9 Å². The highest BCUT2D eigenvalue weighted by Gasteiger charge is 1.98. The molecular weight excluding hydrogens is 279 g/mol. The molecule has 0 aromatic carbocycles. The van der Waals surface area contributed by atoms with Crippen molar-refractivity contribution in [1.29, 1.82) is 0 Å². The Morgan fingerprint density at radius 2 is 0.944 bits per heavy atom. The minimum atomic E-state index is -0.423. The molecule has 18 heavy (non-hydrogen) atoms. The van der Waals surface area contributed by atoms with Gasteiger partial charge in [-0.2, -0.15) is 0 Å². The van der Waals surface area contributed by atoms with Crippen LogP contribution in [-0.2, 0) is 19.2 Å². The van der Waals surface area contributed by atoms with E-state index in [0.717, 1.165) is 0 Å². The molecule has 0 rings (SSSR count). The van der Waals surface area contributed by atoms with E-state index in [1.165, 1.54) is 0 Å². The van der Waals surface area contributed by atoms with Gasteiger partial charge < -0.3 is 9.59 Å². The second kappa shape index (κ2) is 12.7. The van der Waals surface area contributed by atoms with E-state index in [1.54, 1.807) is 13.8 Å². The number of hydrogen-bond donors (Lipinski definition) is 0. The Hall–Kier alpha value is -0.740. The fraction of sp³-hybridized carbons (Fsp3) is 0.667. The first kappa shape index (κ1) is 19.6. The zero-order valence-electron chi connectivity index (χ0n) is 10.6. The van der Waals surface area contributed by atoms with Crippen LogP contribution in [0.3, 0.4) is 0 Å². The third-order valence-corrected chi connectivity index (χ3v) is 2.18. The summed E-state index contributed by atoms with van der Waals surface area (Å²) in [6.45, 7) is 3.08. The molecule has 0 unspecified atom stereocenters. The van der Waals surface area contributed by atoms with Crippen LogP contribution in [0.2, 0.25) is 0 Å². The summed E-state index contributed by atoms with van der Waals surface area (Å²) in [4.78, 5) is 40.7. The van der Waals surface area contributed by atoms with Gasteiger partial charge in [-0.1, -0.05) is 0 Å². The summed E-state index contributed by atoms with van der Waals surface area (Å²) < 4.78 is 0. The lowest BCUT2D eigenvalue weighted by Gasteiger charge is -1.90. The summed E-state index contributed by atoms with van der Waals surface area (Å²) in [5.74, 6) is 0.326. The molecule has 0 aromatic rings. The average Bonchev–Trinajstić information content (AvgIpc) is 2.15. The molecule has 0 heterocycles. The second-order valence-corrected chi connectivity index (χ2v) is 4.66. The lowest BCUT2D eigenvalue weighted by Crippen LogP contribution is -1.93. The van der Waals surface area contributed by atoms with Crippen molar-refractivity contribution >= 4 is 45.3 Å². The number of carbonyl (C=O) groups excluding carboxylic acids is 4. The normalized spacial score (nSPS) is 9.11. The Morgan fingerprint density at radius 1 is 0.667 bits per heavy atom. The van der Waals surface area contributed by atoms with Crippen LogP contribution in [-0.4, -0.2) is 22.1 Å². The minimum absolute atomic E-state index is 0.163. The molecule has 0 atom stereocenters. The molecule has 0 aliphatic heterocycles. The maximum absolute atomic E-state index is 10.3. The second-order valence-electron chi connectivity index (χ2n) is 3.82.